The Hall–Kier alpha value is -2.30. The van der Waals surface area contributed by atoms with Crippen LogP contribution in [0.1, 0.15) is 70.5 Å². The van der Waals surface area contributed by atoms with E-state index in [-0.39, 0.29) is 6.04 Å². The van der Waals surface area contributed by atoms with Gasteiger partial charge < -0.3 is 14.7 Å². The van der Waals surface area contributed by atoms with E-state index in [9.17, 15) is 5.11 Å². The molecule has 3 aromatic rings. The van der Waals surface area contributed by atoms with Gasteiger partial charge in [0.05, 0.1) is 17.2 Å². The molecular weight excluding hydrogens is 393 g/mol. The topological polar surface area (TPSA) is 32.7 Å². The molecule has 1 aliphatic carbocycles. The van der Waals surface area contributed by atoms with Crippen molar-refractivity contribution in [1.82, 2.24) is 0 Å². The van der Waals surface area contributed by atoms with E-state index >= 15 is 0 Å². The Labute approximate surface area is 193 Å². The molecule has 4 rings (SSSR count). The molecule has 1 radical (unpaired) electrons. The van der Waals surface area contributed by atoms with Gasteiger partial charge in [0, 0.05) is 12.7 Å². The number of hydrogen-bond acceptors (Lipinski definition) is 3. The lowest BCUT2D eigenvalue weighted by Crippen LogP contribution is -2.49. The van der Waals surface area contributed by atoms with Crippen molar-refractivity contribution in [2.75, 3.05) is 11.9 Å². The highest BCUT2D eigenvalue weighted by Crippen LogP contribution is 2.48. The van der Waals surface area contributed by atoms with Gasteiger partial charge in [-0.1, -0.05) is 54.6 Å². The number of rotatable bonds is 8. The van der Waals surface area contributed by atoms with Crippen LogP contribution in [-0.4, -0.2) is 30.8 Å². The van der Waals surface area contributed by atoms with E-state index in [0.717, 1.165) is 5.46 Å². The molecule has 0 heterocycles. The Balaban J connectivity index is 1.65. The standard InChI is InChI=1S/C28H35BNO2/c1-19(22-12-9-10-14-24(22)29-32-28(4,5)27(2,3)31)30(6)25-18-17-20-11-7-8-13-23(20)26(25)21-15-16-21/h7-14,17-19,21,31H,15-16H2,1-6H3. The van der Waals surface area contributed by atoms with E-state index in [1.54, 1.807) is 21.3 Å². The summed E-state index contributed by atoms with van der Waals surface area (Å²) >= 11 is 0. The molecule has 1 atom stereocenters. The maximum absolute atomic E-state index is 10.5. The summed E-state index contributed by atoms with van der Waals surface area (Å²) in [6.07, 6.45) is 2.54. The van der Waals surface area contributed by atoms with Crippen molar-refractivity contribution in [2.24, 2.45) is 0 Å². The number of nitrogens with zero attached hydrogens (tertiary/aromatic N) is 1. The fourth-order valence-corrected chi connectivity index (χ4v) is 4.16. The molecule has 3 nitrogen and oxygen atoms in total. The van der Waals surface area contributed by atoms with Crippen LogP contribution < -0.4 is 10.4 Å². The first-order valence-corrected chi connectivity index (χ1v) is 11.7. The van der Waals surface area contributed by atoms with Crippen LogP contribution in [0.2, 0.25) is 0 Å². The minimum atomic E-state index is -0.953. The lowest BCUT2D eigenvalue weighted by atomic mass is 9.78. The first kappa shape index (κ1) is 22.9. The lowest BCUT2D eigenvalue weighted by molar-refractivity contribution is -0.0893. The van der Waals surface area contributed by atoms with Gasteiger partial charge in [-0.2, -0.15) is 0 Å². The van der Waals surface area contributed by atoms with E-state index < -0.39 is 11.2 Å². The summed E-state index contributed by atoms with van der Waals surface area (Å²) in [4.78, 5) is 2.40. The van der Waals surface area contributed by atoms with E-state index in [2.05, 4.69) is 73.5 Å². The summed E-state index contributed by atoms with van der Waals surface area (Å²) in [5.74, 6) is 0.656. The van der Waals surface area contributed by atoms with Crippen LogP contribution in [0.4, 0.5) is 5.69 Å². The summed E-state index contributed by atoms with van der Waals surface area (Å²) in [5, 5.41) is 13.2. The molecule has 0 aliphatic heterocycles. The highest BCUT2D eigenvalue weighted by molar-refractivity contribution is 6.47. The van der Waals surface area contributed by atoms with Crippen LogP contribution in [0, 0.1) is 0 Å². The second kappa shape index (κ2) is 8.57. The smallest absolute Gasteiger partial charge is 0.331 e. The summed E-state index contributed by atoms with van der Waals surface area (Å²) in [6, 6.07) is 21.8. The van der Waals surface area contributed by atoms with Gasteiger partial charge in [-0.3, -0.25) is 0 Å². The summed E-state index contributed by atoms with van der Waals surface area (Å²) in [5.41, 5.74) is 3.39. The zero-order chi connectivity index (χ0) is 23.1. The Kier molecular flexibility index (Phi) is 6.13. The highest BCUT2D eigenvalue weighted by Gasteiger charge is 2.36. The van der Waals surface area contributed by atoms with Gasteiger partial charge in [0.2, 0.25) is 0 Å². The zero-order valence-corrected chi connectivity index (χ0v) is 20.2. The molecule has 1 saturated carbocycles. The fraction of sp³-hybridized carbons (Fsp3) is 0.429. The van der Waals surface area contributed by atoms with Crippen LogP contribution >= 0.6 is 0 Å². The minimum absolute atomic E-state index is 0.162. The molecule has 3 aromatic carbocycles. The van der Waals surface area contributed by atoms with Crippen molar-refractivity contribution < 1.29 is 9.76 Å². The predicted molar refractivity (Wildman–Crippen MR) is 136 cm³/mol. The third-order valence-corrected chi connectivity index (χ3v) is 7.29. The van der Waals surface area contributed by atoms with Crippen molar-refractivity contribution in [3.8, 4) is 0 Å². The Bertz CT molecular complexity index is 1100. The normalized spacial score (nSPS) is 15.6. The minimum Gasteiger partial charge on any atom is -0.427 e. The third-order valence-electron chi connectivity index (χ3n) is 7.29. The van der Waals surface area contributed by atoms with Gasteiger partial charge in [0.1, 0.15) is 0 Å². The highest BCUT2D eigenvalue weighted by atomic mass is 16.5. The second-order valence-electron chi connectivity index (χ2n) is 10.2. The zero-order valence-electron chi connectivity index (χ0n) is 20.2. The van der Waals surface area contributed by atoms with E-state index in [1.807, 2.05) is 19.9 Å². The third kappa shape index (κ3) is 4.44. The van der Waals surface area contributed by atoms with Crippen molar-refractivity contribution in [2.45, 2.75) is 70.6 Å². The summed E-state index contributed by atoms with van der Waals surface area (Å²) < 4.78 is 6.09. The molecular formula is C28H35BNO2. The maximum atomic E-state index is 10.5. The van der Waals surface area contributed by atoms with Crippen molar-refractivity contribution in [3.05, 3.63) is 71.8 Å². The molecule has 0 bridgehead atoms. The maximum Gasteiger partial charge on any atom is 0.331 e. The molecule has 0 aromatic heterocycles. The molecule has 1 fully saturated rings. The molecule has 4 heteroatoms. The fourth-order valence-electron chi connectivity index (χ4n) is 4.16. The number of benzene rings is 3. The number of anilines is 1. The van der Waals surface area contributed by atoms with Crippen LogP contribution in [-0.2, 0) is 4.65 Å². The largest absolute Gasteiger partial charge is 0.427 e. The van der Waals surface area contributed by atoms with Gasteiger partial charge in [-0.05, 0) is 86.8 Å². The second-order valence-corrected chi connectivity index (χ2v) is 10.2. The van der Waals surface area contributed by atoms with Crippen molar-refractivity contribution >= 4 is 29.4 Å². The van der Waals surface area contributed by atoms with Gasteiger partial charge in [0.15, 0.2) is 0 Å². The van der Waals surface area contributed by atoms with Crippen molar-refractivity contribution in [3.63, 3.8) is 0 Å². The van der Waals surface area contributed by atoms with E-state index in [0.29, 0.717) is 5.92 Å². The molecule has 1 unspecified atom stereocenters. The van der Waals surface area contributed by atoms with Crippen LogP contribution in [0.15, 0.2) is 60.7 Å². The SMILES string of the molecule is CC(c1ccccc1[B]OC(C)(C)C(C)(C)O)N(C)c1ccc2ccccc2c1C1CC1. The van der Waals surface area contributed by atoms with Crippen LogP contribution in [0.25, 0.3) is 10.8 Å². The monoisotopic (exact) mass is 428 g/mol. The molecule has 1 N–H and O–H groups in total. The average Bonchev–Trinajstić information content (AvgIpc) is 3.60. The predicted octanol–water partition coefficient (Wildman–Crippen LogP) is 5.73. The molecule has 0 spiro atoms. The Morgan fingerprint density at radius 3 is 2.31 bits per heavy atom. The molecule has 1 aliphatic rings. The molecule has 167 valence electrons. The van der Waals surface area contributed by atoms with Gasteiger partial charge >= 0.3 is 7.48 Å². The van der Waals surface area contributed by atoms with Crippen LogP contribution in [0.3, 0.4) is 0 Å². The Morgan fingerprint density at radius 2 is 1.62 bits per heavy atom. The number of hydrogen-bond donors (Lipinski definition) is 1. The van der Waals surface area contributed by atoms with Crippen molar-refractivity contribution in [1.29, 1.82) is 0 Å². The van der Waals surface area contributed by atoms with Gasteiger partial charge in [0.25, 0.3) is 0 Å². The Morgan fingerprint density at radius 1 is 0.969 bits per heavy atom. The molecule has 0 saturated heterocycles. The number of aliphatic hydroxyl groups is 1. The quantitative estimate of drug-likeness (QED) is 0.466. The molecule has 32 heavy (non-hydrogen) atoms. The first-order valence-electron chi connectivity index (χ1n) is 11.7. The lowest BCUT2D eigenvalue weighted by Gasteiger charge is -2.38. The summed E-state index contributed by atoms with van der Waals surface area (Å²) in [7, 11) is 4.00. The summed E-state index contributed by atoms with van der Waals surface area (Å²) in [6.45, 7) is 9.64. The van der Waals surface area contributed by atoms with Crippen LogP contribution in [0.5, 0.6) is 0 Å². The van der Waals surface area contributed by atoms with E-state index in [4.69, 9.17) is 4.65 Å². The average molecular weight is 428 g/mol. The van der Waals surface area contributed by atoms with Gasteiger partial charge in [-0.15, -0.1) is 0 Å². The number of fused-ring (bicyclic) bond motifs is 1. The molecule has 0 amide bonds. The van der Waals surface area contributed by atoms with Gasteiger partial charge in [-0.25, -0.2) is 0 Å². The van der Waals surface area contributed by atoms with E-state index in [1.165, 1.54) is 40.4 Å². The first-order chi connectivity index (χ1) is 15.1.